The molecule has 7 nitrogen and oxygen atoms in total. The van der Waals surface area contributed by atoms with Crippen LogP contribution in [-0.4, -0.2) is 62.5 Å². The van der Waals surface area contributed by atoms with Crippen LogP contribution in [-0.2, 0) is 4.79 Å². The summed E-state index contributed by atoms with van der Waals surface area (Å²) in [6.45, 7) is 2.42. The number of hydrogen-bond acceptors (Lipinski definition) is 4. The molecule has 1 N–H and O–H groups in total. The maximum Gasteiger partial charge on any atom is 0.254 e. The van der Waals surface area contributed by atoms with Crippen LogP contribution in [0.5, 0.6) is 0 Å². The fraction of sp³-hybridized carbons (Fsp3) is 0.500. The summed E-state index contributed by atoms with van der Waals surface area (Å²) in [4.78, 5) is 33.0. The monoisotopic (exact) mass is 367 g/mol. The Morgan fingerprint density at radius 3 is 2.70 bits per heavy atom. The highest BCUT2D eigenvalue weighted by Crippen LogP contribution is 2.24. The Balaban J connectivity index is 1.43. The molecule has 2 aliphatic rings. The van der Waals surface area contributed by atoms with Crippen molar-refractivity contribution in [2.45, 2.75) is 44.6 Å². The first-order valence-electron chi connectivity index (χ1n) is 9.77. The van der Waals surface area contributed by atoms with E-state index in [1.807, 2.05) is 34.1 Å². The Bertz CT molecular complexity index is 787. The van der Waals surface area contributed by atoms with Crippen molar-refractivity contribution in [2.75, 3.05) is 19.6 Å². The molecule has 2 amide bonds. The molecule has 1 atom stereocenters. The summed E-state index contributed by atoms with van der Waals surface area (Å²) in [6, 6.07) is 7.73. The molecule has 0 unspecified atom stereocenters. The van der Waals surface area contributed by atoms with Crippen LogP contribution in [0, 0.1) is 0 Å². The Morgan fingerprint density at radius 1 is 1.15 bits per heavy atom. The number of rotatable bonds is 5. The Morgan fingerprint density at radius 2 is 2.00 bits per heavy atom. The van der Waals surface area contributed by atoms with E-state index in [0.29, 0.717) is 17.8 Å². The van der Waals surface area contributed by atoms with E-state index in [4.69, 9.17) is 0 Å². The van der Waals surface area contributed by atoms with Gasteiger partial charge in [0.2, 0.25) is 5.91 Å². The van der Waals surface area contributed by atoms with Gasteiger partial charge in [0, 0.05) is 43.2 Å². The van der Waals surface area contributed by atoms with Crippen LogP contribution >= 0.6 is 0 Å². The minimum Gasteiger partial charge on any atom is -0.343 e. The Hall–Kier alpha value is -2.70. The molecule has 1 aromatic heterocycles. The van der Waals surface area contributed by atoms with Crippen molar-refractivity contribution in [3.8, 4) is 11.4 Å². The zero-order chi connectivity index (χ0) is 18.6. The number of carbonyl (C=O) groups is 2. The molecule has 2 saturated heterocycles. The second-order valence-corrected chi connectivity index (χ2v) is 7.33. The summed E-state index contributed by atoms with van der Waals surface area (Å²) in [7, 11) is 0. The summed E-state index contributed by atoms with van der Waals surface area (Å²) in [5.41, 5.74) is 1.61. The molecule has 142 valence electrons. The second kappa shape index (κ2) is 7.90. The van der Waals surface area contributed by atoms with Crippen molar-refractivity contribution < 1.29 is 9.59 Å². The molecular formula is C20H25N5O2. The van der Waals surface area contributed by atoms with Gasteiger partial charge in [-0.05, 0) is 44.2 Å². The van der Waals surface area contributed by atoms with Crippen molar-refractivity contribution >= 4 is 11.8 Å². The van der Waals surface area contributed by atoms with E-state index in [-0.39, 0.29) is 17.9 Å². The van der Waals surface area contributed by atoms with Crippen LogP contribution in [0.4, 0.5) is 0 Å². The number of likely N-dealkylation sites (tertiary alicyclic amines) is 2. The molecule has 0 bridgehead atoms. The Kier molecular flexibility index (Phi) is 5.18. The lowest BCUT2D eigenvalue weighted by molar-refractivity contribution is -0.127. The van der Waals surface area contributed by atoms with Gasteiger partial charge < -0.3 is 9.80 Å². The highest BCUT2D eigenvalue weighted by atomic mass is 16.2. The molecule has 0 spiro atoms. The SMILES string of the molecule is O=C1CCCN1CC[C@H]1CCCCN1C(=O)c1ccc(-c2ncn[nH]2)cc1. The molecular weight excluding hydrogens is 342 g/mol. The molecule has 2 fully saturated rings. The minimum atomic E-state index is 0.0802. The molecule has 4 rings (SSSR count). The quantitative estimate of drug-likeness (QED) is 0.880. The number of nitrogens with one attached hydrogen (secondary N) is 1. The zero-order valence-corrected chi connectivity index (χ0v) is 15.4. The van der Waals surface area contributed by atoms with E-state index >= 15 is 0 Å². The summed E-state index contributed by atoms with van der Waals surface area (Å²) in [5.74, 6) is 1.03. The number of carbonyl (C=O) groups excluding carboxylic acids is 2. The lowest BCUT2D eigenvalue weighted by Gasteiger charge is -2.36. The first kappa shape index (κ1) is 17.7. The number of hydrogen-bond donors (Lipinski definition) is 1. The maximum atomic E-state index is 13.1. The zero-order valence-electron chi connectivity index (χ0n) is 15.4. The van der Waals surface area contributed by atoms with Gasteiger partial charge in [-0.1, -0.05) is 12.1 Å². The average Bonchev–Trinajstić information content (AvgIpc) is 3.38. The van der Waals surface area contributed by atoms with Crippen molar-refractivity contribution in [2.24, 2.45) is 0 Å². The number of benzene rings is 1. The van der Waals surface area contributed by atoms with Crippen LogP contribution in [0.1, 0.15) is 48.9 Å². The van der Waals surface area contributed by atoms with Crippen molar-refractivity contribution in [1.29, 1.82) is 0 Å². The third kappa shape index (κ3) is 3.86. The highest BCUT2D eigenvalue weighted by Gasteiger charge is 2.29. The van der Waals surface area contributed by atoms with Crippen LogP contribution in [0.2, 0.25) is 0 Å². The normalized spacial score (nSPS) is 20.3. The molecule has 7 heteroatoms. The van der Waals surface area contributed by atoms with Crippen LogP contribution < -0.4 is 0 Å². The first-order chi connectivity index (χ1) is 13.2. The predicted octanol–water partition coefficient (Wildman–Crippen LogP) is 2.48. The van der Waals surface area contributed by atoms with Gasteiger partial charge in [-0.25, -0.2) is 4.98 Å². The third-order valence-corrected chi connectivity index (χ3v) is 5.61. The van der Waals surface area contributed by atoms with E-state index in [2.05, 4.69) is 15.2 Å². The van der Waals surface area contributed by atoms with Gasteiger partial charge in [-0.2, -0.15) is 5.10 Å². The highest BCUT2D eigenvalue weighted by molar-refractivity contribution is 5.95. The topological polar surface area (TPSA) is 82.2 Å². The average molecular weight is 367 g/mol. The molecule has 1 aromatic carbocycles. The predicted molar refractivity (Wildman–Crippen MR) is 101 cm³/mol. The van der Waals surface area contributed by atoms with Gasteiger partial charge in [-0.15, -0.1) is 0 Å². The van der Waals surface area contributed by atoms with E-state index < -0.39 is 0 Å². The van der Waals surface area contributed by atoms with Gasteiger partial charge in [0.15, 0.2) is 5.82 Å². The second-order valence-electron chi connectivity index (χ2n) is 7.33. The van der Waals surface area contributed by atoms with Crippen molar-refractivity contribution in [1.82, 2.24) is 25.0 Å². The van der Waals surface area contributed by atoms with Crippen molar-refractivity contribution in [3.63, 3.8) is 0 Å². The van der Waals surface area contributed by atoms with Gasteiger partial charge in [-0.3, -0.25) is 14.7 Å². The fourth-order valence-electron chi connectivity index (χ4n) is 4.09. The van der Waals surface area contributed by atoms with Crippen molar-refractivity contribution in [3.05, 3.63) is 36.2 Å². The number of amides is 2. The lowest BCUT2D eigenvalue weighted by atomic mass is 9.97. The summed E-state index contributed by atoms with van der Waals surface area (Å²) < 4.78 is 0. The molecule has 2 aliphatic heterocycles. The Labute approximate surface area is 158 Å². The van der Waals surface area contributed by atoms with E-state index in [1.54, 1.807) is 0 Å². The summed E-state index contributed by atoms with van der Waals surface area (Å²) >= 11 is 0. The number of aromatic nitrogens is 3. The van der Waals surface area contributed by atoms with Gasteiger partial charge in [0.1, 0.15) is 6.33 Å². The van der Waals surface area contributed by atoms with Crippen LogP contribution in [0.25, 0.3) is 11.4 Å². The first-order valence-corrected chi connectivity index (χ1v) is 9.77. The number of nitrogens with zero attached hydrogens (tertiary/aromatic N) is 4. The van der Waals surface area contributed by atoms with Crippen LogP contribution in [0.3, 0.4) is 0 Å². The molecule has 0 aliphatic carbocycles. The standard InChI is InChI=1S/C20H25N5O2/c26-18-5-3-11-24(18)13-10-17-4-1-2-12-25(17)20(27)16-8-6-15(7-9-16)19-21-14-22-23-19/h6-9,14,17H,1-5,10-13H2,(H,21,22,23)/t17-/m1/s1. The smallest absolute Gasteiger partial charge is 0.254 e. The third-order valence-electron chi connectivity index (χ3n) is 5.61. The minimum absolute atomic E-state index is 0.0802. The largest absolute Gasteiger partial charge is 0.343 e. The van der Waals surface area contributed by atoms with Gasteiger partial charge in [0.25, 0.3) is 5.91 Å². The van der Waals surface area contributed by atoms with Crippen LogP contribution in [0.15, 0.2) is 30.6 Å². The number of H-pyrrole nitrogens is 1. The lowest BCUT2D eigenvalue weighted by Crippen LogP contribution is -2.45. The van der Waals surface area contributed by atoms with E-state index in [9.17, 15) is 9.59 Å². The molecule has 0 radical (unpaired) electrons. The summed E-state index contributed by atoms with van der Waals surface area (Å²) in [5, 5.41) is 6.69. The number of piperidine rings is 1. The molecule has 0 saturated carbocycles. The molecule has 27 heavy (non-hydrogen) atoms. The maximum absolute atomic E-state index is 13.1. The fourth-order valence-corrected chi connectivity index (χ4v) is 4.09. The van der Waals surface area contributed by atoms with E-state index in [1.165, 1.54) is 6.33 Å². The summed E-state index contributed by atoms with van der Waals surface area (Å²) in [6.07, 6.45) is 7.18. The molecule has 2 aromatic rings. The molecule has 3 heterocycles. The van der Waals surface area contributed by atoms with Gasteiger partial charge in [0.05, 0.1) is 0 Å². The number of aromatic amines is 1. The van der Waals surface area contributed by atoms with Gasteiger partial charge >= 0.3 is 0 Å². The van der Waals surface area contributed by atoms with E-state index in [0.717, 1.165) is 57.3 Å².